The van der Waals surface area contributed by atoms with Gasteiger partial charge in [-0.3, -0.25) is 4.79 Å². The second-order valence-corrected chi connectivity index (χ2v) is 6.80. The lowest BCUT2D eigenvalue weighted by Crippen LogP contribution is -2.12. The molecule has 0 unspecified atom stereocenters. The highest BCUT2D eigenvalue weighted by molar-refractivity contribution is 6.06. The standard InChI is InChI=1S/C22H20N6O/c1-13-10-21(24-12-23-13)27-17-5-7-18(8-6-17)28-22(29)16-4-9-19-20(11-16)26-15(3)14(2)25-19/h4-12H,1-3H3,(H,28,29)(H,23,24,27). The van der Waals surface area contributed by atoms with Crippen LogP contribution in [0, 0.1) is 20.8 Å². The zero-order valence-corrected chi connectivity index (χ0v) is 16.4. The minimum atomic E-state index is -0.195. The van der Waals surface area contributed by atoms with E-state index in [1.807, 2.05) is 57.2 Å². The summed E-state index contributed by atoms with van der Waals surface area (Å²) in [5.41, 5.74) is 6.22. The second kappa shape index (κ2) is 7.63. The summed E-state index contributed by atoms with van der Waals surface area (Å²) in [5.74, 6) is 0.524. The Labute approximate surface area is 168 Å². The van der Waals surface area contributed by atoms with E-state index < -0.39 is 0 Å². The molecule has 0 bridgehead atoms. The molecule has 0 spiro atoms. The zero-order valence-electron chi connectivity index (χ0n) is 16.4. The van der Waals surface area contributed by atoms with Crippen LogP contribution in [0.15, 0.2) is 54.9 Å². The number of nitrogens with one attached hydrogen (secondary N) is 2. The summed E-state index contributed by atoms with van der Waals surface area (Å²) in [7, 11) is 0. The molecule has 2 heterocycles. The third-order valence-corrected chi connectivity index (χ3v) is 4.56. The van der Waals surface area contributed by atoms with Crippen molar-refractivity contribution in [3.05, 3.63) is 77.5 Å². The Hall–Kier alpha value is -3.87. The van der Waals surface area contributed by atoms with Crippen LogP contribution in [0.2, 0.25) is 0 Å². The molecule has 2 aromatic carbocycles. The molecule has 0 aliphatic heterocycles. The molecule has 144 valence electrons. The van der Waals surface area contributed by atoms with Gasteiger partial charge in [-0.1, -0.05) is 0 Å². The number of hydrogen-bond acceptors (Lipinski definition) is 6. The molecule has 2 N–H and O–H groups in total. The lowest BCUT2D eigenvalue weighted by atomic mass is 10.1. The number of amides is 1. The zero-order chi connectivity index (χ0) is 20.4. The van der Waals surface area contributed by atoms with Gasteiger partial charge in [0.1, 0.15) is 12.1 Å². The van der Waals surface area contributed by atoms with Crippen LogP contribution < -0.4 is 10.6 Å². The largest absolute Gasteiger partial charge is 0.340 e. The minimum absolute atomic E-state index is 0.195. The Morgan fingerprint density at radius 1 is 0.793 bits per heavy atom. The van der Waals surface area contributed by atoms with E-state index >= 15 is 0 Å². The topological polar surface area (TPSA) is 92.7 Å². The number of aromatic nitrogens is 4. The molecule has 0 atom stereocenters. The Bertz CT molecular complexity index is 1200. The predicted octanol–water partition coefficient (Wildman–Crippen LogP) is 4.34. The molecule has 7 heteroatoms. The van der Waals surface area contributed by atoms with Gasteiger partial charge in [0.15, 0.2) is 0 Å². The molecule has 4 aromatic rings. The summed E-state index contributed by atoms with van der Waals surface area (Å²) in [6.07, 6.45) is 1.52. The van der Waals surface area contributed by atoms with Gasteiger partial charge in [-0.25, -0.2) is 19.9 Å². The second-order valence-electron chi connectivity index (χ2n) is 6.80. The van der Waals surface area contributed by atoms with E-state index in [0.29, 0.717) is 16.8 Å². The first kappa shape index (κ1) is 18.5. The van der Waals surface area contributed by atoms with Crippen molar-refractivity contribution in [1.82, 2.24) is 19.9 Å². The van der Waals surface area contributed by atoms with E-state index in [0.717, 1.165) is 34.1 Å². The fourth-order valence-electron chi connectivity index (χ4n) is 2.88. The average Bonchev–Trinajstić information content (AvgIpc) is 2.70. The van der Waals surface area contributed by atoms with Gasteiger partial charge in [-0.15, -0.1) is 0 Å². The maximum Gasteiger partial charge on any atom is 0.255 e. The van der Waals surface area contributed by atoms with Crippen LogP contribution in [-0.4, -0.2) is 25.8 Å². The van der Waals surface area contributed by atoms with E-state index in [4.69, 9.17) is 0 Å². The van der Waals surface area contributed by atoms with Crippen molar-refractivity contribution in [2.24, 2.45) is 0 Å². The van der Waals surface area contributed by atoms with Crippen LogP contribution in [0.1, 0.15) is 27.4 Å². The fourth-order valence-corrected chi connectivity index (χ4v) is 2.88. The smallest absolute Gasteiger partial charge is 0.255 e. The predicted molar refractivity (Wildman–Crippen MR) is 113 cm³/mol. The molecule has 0 saturated heterocycles. The van der Waals surface area contributed by atoms with Gasteiger partial charge in [0.05, 0.1) is 22.4 Å². The molecular weight excluding hydrogens is 364 g/mol. The van der Waals surface area contributed by atoms with Gasteiger partial charge in [0, 0.05) is 28.7 Å². The number of anilines is 3. The van der Waals surface area contributed by atoms with E-state index in [1.165, 1.54) is 6.33 Å². The summed E-state index contributed by atoms with van der Waals surface area (Å²) < 4.78 is 0. The molecule has 0 aliphatic carbocycles. The molecule has 0 aliphatic rings. The molecule has 7 nitrogen and oxygen atoms in total. The van der Waals surface area contributed by atoms with Crippen molar-refractivity contribution in [2.75, 3.05) is 10.6 Å². The average molecular weight is 384 g/mol. The summed E-state index contributed by atoms with van der Waals surface area (Å²) in [6.45, 7) is 5.74. The first-order valence-corrected chi connectivity index (χ1v) is 9.20. The van der Waals surface area contributed by atoms with Gasteiger partial charge in [0.25, 0.3) is 5.91 Å². The van der Waals surface area contributed by atoms with Gasteiger partial charge >= 0.3 is 0 Å². The Balaban J connectivity index is 1.48. The highest BCUT2D eigenvalue weighted by Gasteiger charge is 2.09. The number of benzene rings is 2. The number of rotatable bonds is 4. The highest BCUT2D eigenvalue weighted by atomic mass is 16.1. The fraction of sp³-hybridized carbons (Fsp3) is 0.136. The van der Waals surface area contributed by atoms with Crippen LogP contribution in [0.4, 0.5) is 17.2 Å². The van der Waals surface area contributed by atoms with Crippen LogP contribution >= 0.6 is 0 Å². The maximum absolute atomic E-state index is 12.6. The Morgan fingerprint density at radius 2 is 1.48 bits per heavy atom. The molecule has 29 heavy (non-hydrogen) atoms. The molecule has 2 aromatic heterocycles. The Morgan fingerprint density at radius 3 is 2.21 bits per heavy atom. The first-order valence-electron chi connectivity index (χ1n) is 9.20. The van der Waals surface area contributed by atoms with E-state index in [-0.39, 0.29) is 5.91 Å². The van der Waals surface area contributed by atoms with E-state index in [2.05, 4.69) is 30.6 Å². The highest BCUT2D eigenvalue weighted by Crippen LogP contribution is 2.19. The molecule has 0 fully saturated rings. The lowest BCUT2D eigenvalue weighted by Gasteiger charge is -2.09. The summed E-state index contributed by atoms with van der Waals surface area (Å²) in [5, 5.41) is 6.12. The lowest BCUT2D eigenvalue weighted by molar-refractivity contribution is 0.102. The summed E-state index contributed by atoms with van der Waals surface area (Å²) in [4.78, 5) is 29.9. The van der Waals surface area contributed by atoms with Gasteiger partial charge < -0.3 is 10.6 Å². The van der Waals surface area contributed by atoms with Crippen LogP contribution in [-0.2, 0) is 0 Å². The number of nitrogens with zero attached hydrogens (tertiary/aromatic N) is 4. The first-order chi connectivity index (χ1) is 14.0. The SMILES string of the molecule is Cc1cc(Nc2ccc(NC(=O)c3ccc4nc(C)c(C)nc4c3)cc2)ncn1. The van der Waals surface area contributed by atoms with Crippen LogP contribution in [0.5, 0.6) is 0 Å². The van der Waals surface area contributed by atoms with Gasteiger partial charge in [-0.05, 0) is 63.2 Å². The van der Waals surface area contributed by atoms with Crippen molar-refractivity contribution < 1.29 is 4.79 Å². The van der Waals surface area contributed by atoms with Crippen molar-refractivity contribution in [1.29, 1.82) is 0 Å². The van der Waals surface area contributed by atoms with Crippen LogP contribution in [0.3, 0.4) is 0 Å². The normalized spacial score (nSPS) is 10.7. The Kier molecular flexibility index (Phi) is 4.87. The molecule has 0 saturated carbocycles. The number of fused-ring (bicyclic) bond motifs is 1. The van der Waals surface area contributed by atoms with Crippen molar-refractivity contribution in [2.45, 2.75) is 20.8 Å². The van der Waals surface area contributed by atoms with Gasteiger partial charge in [-0.2, -0.15) is 0 Å². The summed E-state index contributed by atoms with van der Waals surface area (Å²) in [6, 6.07) is 14.6. The monoisotopic (exact) mass is 384 g/mol. The van der Waals surface area contributed by atoms with E-state index in [9.17, 15) is 4.79 Å². The third-order valence-electron chi connectivity index (χ3n) is 4.56. The number of aryl methyl sites for hydroxylation is 3. The number of carbonyl (C=O) groups excluding carboxylic acids is 1. The number of hydrogen-bond donors (Lipinski definition) is 2. The van der Waals surface area contributed by atoms with Crippen molar-refractivity contribution in [3.8, 4) is 0 Å². The molecular formula is C22H20N6O. The molecule has 4 rings (SSSR count). The van der Waals surface area contributed by atoms with E-state index in [1.54, 1.807) is 12.1 Å². The van der Waals surface area contributed by atoms with Crippen molar-refractivity contribution in [3.63, 3.8) is 0 Å². The minimum Gasteiger partial charge on any atom is -0.340 e. The quantitative estimate of drug-likeness (QED) is 0.544. The van der Waals surface area contributed by atoms with Crippen LogP contribution in [0.25, 0.3) is 11.0 Å². The van der Waals surface area contributed by atoms with Gasteiger partial charge in [0.2, 0.25) is 0 Å². The third kappa shape index (κ3) is 4.19. The maximum atomic E-state index is 12.6. The number of carbonyl (C=O) groups is 1. The molecule has 1 amide bonds. The molecule has 0 radical (unpaired) electrons. The van der Waals surface area contributed by atoms with Crippen molar-refractivity contribution >= 4 is 34.1 Å². The summed E-state index contributed by atoms with van der Waals surface area (Å²) >= 11 is 0.